The van der Waals surface area contributed by atoms with E-state index < -0.39 is 72.5 Å². The maximum atomic E-state index is 14.2. The molecule has 18 heteroatoms. The minimum Gasteiger partial charge on any atom is -0.463 e. The first kappa shape index (κ1) is 36.1. The molecule has 0 heterocycles. The van der Waals surface area contributed by atoms with Gasteiger partial charge in [-0.15, -0.1) is 12.4 Å². The van der Waals surface area contributed by atoms with E-state index in [1.54, 1.807) is 13.8 Å². The molecular weight excluding hydrogens is 577 g/mol. The second kappa shape index (κ2) is 12.5. The smallest absolute Gasteiger partial charge is 0.460 e. The average Bonchev–Trinajstić information content (AvgIpc) is 2.77. The van der Waals surface area contributed by atoms with E-state index in [0.717, 1.165) is 6.08 Å². The predicted octanol–water partition coefficient (Wildman–Crippen LogP) is 4.79. The highest BCUT2D eigenvalue weighted by molar-refractivity contribution is 5.89. The van der Waals surface area contributed by atoms with Crippen molar-refractivity contribution in [1.82, 2.24) is 5.32 Å². The fourth-order valence-electron chi connectivity index (χ4n) is 3.34. The van der Waals surface area contributed by atoms with E-state index in [9.17, 15) is 57.9 Å². The molecule has 0 aliphatic heterocycles. The predicted molar refractivity (Wildman–Crippen MR) is 112 cm³/mol. The van der Waals surface area contributed by atoms with E-state index in [0.29, 0.717) is 0 Å². The quantitative estimate of drug-likeness (QED) is 0.262. The molecule has 1 aliphatic rings. The third-order valence-corrected chi connectivity index (χ3v) is 5.56. The van der Waals surface area contributed by atoms with E-state index in [4.69, 9.17) is 15.2 Å². The number of esters is 1. The maximum Gasteiger partial charge on any atom is 0.460 e. The Kier molecular flexibility index (Phi) is 11.9. The number of carbonyl (C=O) groups excluding carboxylic acids is 2. The van der Waals surface area contributed by atoms with Gasteiger partial charge < -0.3 is 20.5 Å². The number of alkyl halides is 11. The SMILES string of the molecule is CCOC(=O)C1=C[C@@H](OC(CC)CC)[C@H](NC(=O)C(F)(F)C(F)(F)C(F)(F)C(F)(F)C(F)(F)F)[C@@H](N)C1.Cl. The average molecular weight is 603 g/mol. The topological polar surface area (TPSA) is 90.6 Å². The van der Waals surface area contributed by atoms with Crippen LogP contribution < -0.4 is 11.1 Å². The number of rotatable bonds is 11. The zero-order valence-corrected chi connectivity index (χ0v) is 20.8. The van der Waals surface area contributed by atoms with E-state index in [1.165, 1.54) is 12.2 Å². The summed E-state index contributed by atoms with van der Waals surface area (Å²) in [6.45, 7) is 4.57. The lowest BCUT2D eigenvalue weighted by Crippen LogP contribution is -2.70. The van der Waals surface area contributed by atoms with E-state index in [-0.39, 0.29) is 37.4 Å². The molecule has 0 radical (unpaired) electrons. The van der Waals surface area contributed by atoms with Gasteiger partial charge in [0.15, 0.2) is 0 Å². The van der Waals surface area contributed by atoms with Crippen molar-refractivity contribution >= 4 is 24.3 Å². The first-order valence-corrected chi connectivity index (χ1v) is 10.8. The van der Waals surface area contributed by atoms with Gasteiger partial charge in [-0.25, -0.2) is 4.79 Å². The highest BCUT2D eigenvalue weighted by atomic mass is 35.5. The molecule has 1 aliphatic carbocycles. The summed E-state index contributed by atoms with van der Waals surface area (Å²) in [6.07, 6.45) is -8.63. The molecule has 0 aromatic heterocycles. The van der Waals surface area contributed by atoms with Crippen LogP contribution in [-0.2, 0) is 19.1 Å². The zero-order chi connectivity index (χ0) is 29.2. The first-order valence-electron chi connectivity index (χ1n) is 10.8. The lowest BCUT2D eigenvalue weighted by molar-refractivity contribution is -0.417. The van der Waals surface area contributed by atoms with Crippen LogP contribution in [0.25, 0.3) is 0 Å². The van der Waals surface area contributed by atoms with Gasteiger partial charge in [0.1, 0.15) is 0 Å². The van der Waals surface area contributed by atoms with Gasteiger partial charge >= 0.3 is 35.8 Å². The normalized spacial score (nSPS) is 21.5. The standard InChI is InChI=1S/C20H25F11N2O4.ClH/c1-4-10(5-2)37-12-8-9(14(34)36-6-3)7-11(32)13(12)33-15(35)16(21,22)17(23,24)18(25,26)19(27,28)20(29,30)31;/h8,10-13H,4-7,32H2,1-3H3,(H,33,35);1H/t11-,12+,13+;/m0./s1. The number of nitrogens with one attached hydrogen (secondary N) is 1. The number of nitrogens with two attached hydrogens (primary N) is 1. The highest BCUT2D eigenvalue weighted by Gasteiger charge is 2.88. The van der Waals surface area contributed by atoms with Crippen molar-refractivity contribution in [2.24, 2.45) is 5.73 Å². The summed E-state index contributed by atoms with van der Waals surface area (Å²) in [5, 5.41) is 1.20. The van der Waals surface area contributed by atoms with Crippen LogP contribution in [-0.4, -0.2) is 72.6 Å². The molecule has 1 amide bonds. The number of halogens is 12. The molecule has 0 bridgehead atoms. The molecule has 0 saturated heterocycles. The third-order valence-electron chi connectivity index (χ3n) is 5.56. The Bertz CT molecular complexity index is 864. The van der Waals surface area contributed by atoms with E-state index in [1.807, 2.05) is 0 Å². The molecule has 3 N–H and O–H groups in total. The molecule has 0 aromatic rings. The molecular formula is C20H26ClF11N2O4. The van der Waals surface area contributed by atoms with Crippen molar-refractivity contribution in [2.75, 3.05) is 6.61 Å². The van der Waals surface area contributed by atoms with Crippen LogP contribution in [0.4, 0.5) is 48.3 Å². The summed E-state index contributed by atoms with van der Waals surface area (Å²) in [7, 11) is 0. The Morgan fingerprint density at radius 1 is 0.947 bits per heavy atom. The van der Waals surface area contributed by atoms with Crippen molar-refractivity contribution in [3.63, 3.8) is 0 Å². The van der Waals surface area contributed by atoms with Gasteiger partial charge in [0, 0.05) is 11.6 Å². The molecule has 0 aromatic carbocycles. The summed E-state index contributed by atoms with van der Waals surface area (Å²) in [5.74, 6) is -33.9. The number of carbonyl (C=O) groups is 2. The monoisotopic (exact) mass is 602 g/mol. The molecule has 1 rings (SSSR count). The fraction of sp³-hybridized carbons (Fsp3) is 0.800. The fourth-order valence-corrected chi connectivity index (χ4v) is 3.34. The lowest BCUT2D eigenvalue weighted by atomic mass is 9.87. The van der Waals surface area contributed by atoms with Gasteiger partial charge in [-0.3, -0.25) is 4.79 Å². The van der Waals surface area contributed by atoms with Gasteiger partial charge in [0.05, 0.1) is 24.9 Å². The first-order chi connectivity index (χ1) is 16.6. The Morgan fingerprint density at radius 3 is 1.87 bits per heavy atom. The number of amides is 1. The number of hydrogen-bond donors (Lipinski definition) is 2. The van der Waals surface area contributed by atoms with Crippen molar-refractivity contribution in [3.8, 4) is 0 Å². The van der Waals surface area contributed by atoms with Crippen molar-refractivity contribution in [3.05, 3.63) is 11.6 Å². The van der Waals surface area contributed by atoms with Gasteiger partial charge in [0.2, 0.25) is 0 Å². The molecule has 3 atom stereocenters. The molecule has 0 saturated carbocycles. The molecule has 6 nitrogen and oxygen atoms in total. The lowest BCUT2D eigenvalue weighted by Gasteiger charge is -2.39. The van der Waals surface area contributed by atoms with Crippen molar-refractivity contribution in [1.29, 1.82) is 0 Å². The molecule has 0 spiro atoms. The summed E-state index contributed by atoms with van der Waals surface area (Å²) in [4.78, 5) is 24.1. The number of hydrogen-bond acceptors (Lipinski definition) is 5. The molecule has 0 fully saturated rings. The highest BCUT2D eigenvalue weighted by Crippen LogP contribution is 2.57. The Balaban J connectivity index is 0.0000137. The van der Waals surface area contributed by atoms with Gasteiger partial charge in [-0.1, -0.05) is 13.8 Å². The summed E-state index contributed by atoms with van der Waals surface area (Å²) < 4.78 is 157. The van der Waals surface area contributed by atoms with Gasteiger partial charge in [-0.2, -0.15) is 48.3 Å². The van der Waals surface area contributed by atoms with Crippen LogP contribution in [0.15, 0.2) is 11.6 Å². The maximum absolute atomic E-state index is 14.2. The van der Waals surface area contributed by atoms with E-state index in [2.05, 4.69) is 0 Å². The third kappa shape index (κ3) is 6.63. The second-order valence-corrected chi connectivity index (χ2v) is 8.11. The van der Waals surface area contributed by atoms with Crippen molar-refractivity contribution in [2.45, 2.75) is 94.2 Å². The van der Waals surface area contributed by atoms with E-state index >= 15 is 0 Å². The zero-order valence-electron chi connectivity index (χ0n) is 20.0. The molecule has 0 unspecified atom stereocenters. The van der Waals surface area contributed by atoms with Crippen LogP contribution in [0.3, 0.4) is 0 Å². The second-order valence-electron chi connectivity index (χ2n) is 8.11. The van der Waals surface area contributed by atoms with Crippen LogP contribution in [0.1, 0.15) is 40.0 Å². The number of ether oxygens (including phenoxy) is 2. The summed E-state index contributed by atoms with van der Waals surface area (Å²) in [5.41, 5.74) is 5.61. The Morgan fingerprint density at radius 2 is 1.45 bits per heavy atom. The van der Waals surface area contributed by atoms with Gasteiger partial charge in [0.25, 0.3) is 5.91 Å². The van der Waals surface area contributed by atoms with Crippen LogP contribution in [0.2, 0.25) is 0 Å². The Labute approximate surface area is 215 Å². The summed E-state index contributed by atoms with van der Waals surface area (Å²) >= 11 is 0. The Hall–Kier alpha value is -1.88. The van der Waals surface area contributed by atoms with Crippen LogP contribution in [0.5, 0.6) is 0 Å². The minimum absolute atomic E-state index is 0. The van der Waals surface area contributed by atoms with Gasteiger partial charge in [-0.05, 0) is 32.3 Å². The minimum atomic E-state index is -7.74. The van der Waals surface area contributed by atoms with Crippen LogP contribution in [0, 0.1) is 0 Å². The molecule has 38 heavy (non-hydrogen) atoms. The largest absolute Gasteiger partial charge is 0.463 e. The molecule has 224 valence electrons. The van der Waals surface area contributed by atoms with Crippen LogP contribution >= 0.6 is 12.4 Å². The summed E-state index contributed by atoms with van der Waals surface area (Å²) in [6, 6.07) is -3.47. The van der Waals surface area contributed by atoms with Crippen molar-refractivity contribution < 1.29 is 67.4 Å².